The number of piperazine rings is 1. The molecule has 1 amide bonds. The van der Waals surface area contributed by atoms with Crippen molar-refractivity contribution in [1.82, 2.24) is 9.88 Å². The number of ether oxygens (including phenoxy) is 1. The van der Waals surface area contributed by atoms with Crippen LogP contribution >= 0.6 is 0 Å². The van der Waals surface area contributed by atoms with Gasteiger partial charge in [0.15, 0.2) is 0 Å². The second-order valence-corrected chi connectivity index (χ2v) is 7.82. The molecule has 0 aliphatic carbocycles. The first-order chi connectivity index (χ1) is 11.3. The van der Waals surface area contributed by atoms with Gasteiger partial charge in [0.2, 0.25) is 0 Å². The van der Waals surface area contributed by atoms with Crippen molar-refractivity contribution in [2.45, 2.75) is 58.7 Å². The van der Waals surface area contributed by atoms with E-state index < -0.39 is 5.60 Å². The van der Waals surface area contributed by atoms with Crippen LogP contribution in [0.25, 0.3) is 0 Å². The van der Waals surface area contributed by atoms with Crippen molar-refractivity contribution in [3.63, 3.8) is 0 Å². The van der Waals surface area contributed by atoms with Gasteiger partial charge in [-0.25, -0.2) is 9.78 Å². The van der Waals surface area contributed by atoms with Crippen LogP contribution in [0, 0.1) is 0 Å². The topological polar surface area (TPSA) is 57.7 Å². The molecule has 1 N–H and O–H groups in total. The lowest BCUT2D eigenvalue weighted by Gasteiger charge is -2.45. The average Bonchev–Trinajstić information content (AvgIpc) is 2.92. The minimum Gasteiger partial charge on any atom is -0.444 e. The third-order valence-corrected chi connectivity index (χ3v) is 4.56. The predicted molar refractivity (Wildman–Crippen MR) is 95.6 cm³/mol. The fourth-order valence-corrected chi connectivity index (χ4v) is 3.68. The van der Waals surface area contributed by atoms with Crippen LogP contribution in [0.15, 0.2) is 12.3 Å². The minimum absolute atomic E-state index is 0.0989. The van der Waals surface area contributed by atoms with Crippen LogP contribution in [0.2, 0.25) is 0 Å². The molecule has 6 nitrogen and oxygen atoms in total. The SMILES string of the molecule is C[C@@H]1CN(c2ccnc3c2CCN3)C[C@H](C)N1C(=O)OC(C)(C)C. The van der Waals surface area contributed by atoms with E-state index in [1.807, 2.05) is 31.9 Å². The lowest BCUT2D eigenvalue weighted by atomic mass is 10.1. The molecule has 3 heterocycles. The van der Waals surface area contributed by atoms with Crippen LogP contribution in [-0.2, 0) is 11.2 Å². The van der Waals surface area contributed by atoms with E-state index in [-0.39, 0.29) is 18.2 Å². The molecule has 0 bridgehead atoms. The van der Waals surface area contributed by atoms with Gasteiger partial charge in [-0.3, -0.25) is 4.90 Å². The number of anilines is 2. The Morgan fingerprint density at radius 3 is 2.58 bits per heavy atom. The molecule has 0 unspecified atom stereocenters. The van der Waals surface area contributed by atoms with E-state index in [9.17, 15) is 4.79 Å². The summed E-state index contributed by atoms with van der Waals surface area (Å²) in [6.07, 6.45) is 2.65. The highest BCUT2D eigenvalue weighted by Crippen LogP contribution is 2.32. The van der Waals surface area contributed by atoms with Crippen molar-refractivity contribution in [1.29, 1.82) is 0 Å². The standard InChI is InChI=1S/C18H28N4O2/c1-12-10-21(15-7-9-20-16-14(15)6-8-19-16)11-13(2)22(12)17(23)24-18(3,4)5/h7,9,12-13H,6,8,10-11H2,1-5H3,(H,19,20)/t12-,13+. The van der Waals surface area contributed by atoms with Gasteiger partial charge in [0.05, 0.1) is 12.1 Å². The zero-order valence-electron chi connectivity index (χ0n) is 15.3. The largest absolute Gasteiger partial charge is 0.444 e. The highest BCUT2D eigenvalue weighted by Gasteiger charge is 2.36. The Morgan fingerprint density at radius 2 is 1.96 bits per heavy atom. The van der Waals surface area contributed by atoms with Crippen LogP contribution in [0.5, 0.6) is 0 Å². The molecule has 6 heteroatoms. The third-order valence-electron chi connectivity index (χ3n) is 4.56. The number of fused-ring (bicyclic) bond motifs is 1. The maximum atomic E-state index is 12.5. The van der Waals surface area contributed by atoms with Crippen molar-refractivity contribution in [3.8, 4) is 0 Å². The molecular formula is C18H28N4O2. The van der Waals surface area contributed by atoms with E-state index in [2.05, 4.69) is 35.1 Å². The Bertz CT molecular complexity index is 614. The smallest absolute Gasteiger partial charge is 0.410 e. The number of nitrogens with zero attached hydrogens (tertiary/aromatic N) is 3. The molecule has 1 aromatic rings. The average molecular weight is 332 g/mol. The zero-order chi connectivity index (χ0) is 17.5. The summed E-state index contributed by atoms with van der Waals surface area (Å²) in [6.45, 7) is 12.5. The fourth-order valence-electron chi connectivity index (χ4n) is 3.68. The molecule has 2 aliphatic rings. The Hall–Kier alpha value is -1.98. The van der Waals surface area contributed by atoms with Crippen molar-refractivity contribution >= 4 is 17.6 Å². The normalized spacial score (nSPS) is 23.7. The highest BCUT2D eigenvalue weighted by molar-refractivity contribution is 5.71. The molecule has 132 valence electrons. The molecule has 2 aliphatic heterocycles. The summed E-state index contributed by atoms with van der Waals surface area (Å²) < 4.78 is 5.58. The molecule has 2 atom stereocenters. The van der Waals surface area contributed by atoms with E-state index in [0.29, 0.717) is 0 Å². The number of carbonyl (C=O) groups is 1. The minimum atomic E-state index is -0.467. The Morgan fingerprint density at radius 1 is 1.29 bits per heavy atom. The van der Waals surface area contributed by atoms with Gasteiger partial charge in [-0.05, 0) is 47.1 Å². The second kappa shape index (κ2) is 6.15. The third kappa shape index (κ3) is 3.28. The van der Waals surface area contributed by atoms with Crippen LogP contribution in [0.4, 0.5) is 16.3 Å². The van der Waals surface area contributed by atoms with Crippen LogP contribution in [-0.4, -0.2) is 53.3 Å². The maximum absolute atomic E-state index is 12.5. The van der Waals surface area contributed by atoms with Gasteiger partial charge in [0.1, 0.15) is 11.4 Å². The van der Waals surface area contributed by atoms with Gasteiger partial charge >= 0.3 is 6.09 Å². The van der Waals surface area contributed by atoms with Gasteiger partial charge in [-0.1, -0.05) is 0 Å². The van der Waals surface area contributed by atoms with Crippen molar-refractivity contribution in [3.05, 3.63) is 17.8 Å². The maximum Gasteiger partial charge on any atom is 0.410 e. The van der Waals surface area contributed by atoms with Gasteiger partial charge in [-0.15, -0.1) is 0 Å². The van der Waals surface area contributed by atoms with E-state index >= 15 is 0 Å². The van der Waals surface area contributed by atoms with Gasteiger partial charge < -0.3 is 15.0 Å². The van der Waals surface area contributed by atoms with Crippen LogP contribution in [0.3, 0.4) is 0 Å². The lowest BCUT2D eigenvalue weighted by molar-refractivity contribution is 0.00566. The summed E-state index contributed by atoms with van der Waals surface area (Å²) in [7, 11) is 0. The number of hydrogen-bond acceptors (Lipinski definition) is 5. The number of rotatable bonds is 1. The zero-order valence-corrected chi connectivity index (χ0v) is 15.3. The van der Waals surface area contributed by atoms with Crippen LogP contribution < -0.4 is 10.2 Å². The van der Waals surface area contributed by atoms with E-state index in [4.69, 9.17) is 4.74 Å². The molecule has 3 rings (SSSR count). The monoisotopic (exact) mass is 332 g/mol. The fraction of sp³-hybridized carbons (Fsp3) is 0.667. The van der Waals surface area contributed by atoms with Gasteiger partial charge in [0.25, 0.3) is 0 Å². The molecule has 1 aromatic heterocycles. The number of amides is 1. The Kier molecular flexibility index (Phi) is 4.32. The first-order valence-electron chi connectivity index (χ1n) is 8.74. The van der Waals surface area contributed by atoms with E-state index in [1.54, 1.807) is 0 Å². The molecular weight excluding hydrogens is 304 g/mol. The highest BCUT2D eigenvalue weighted by atomic mass is 16.6. The molecule has 0 spiro atoms. The molecule has 0 saturated carbocycles. The van der Waals surface area contributed by atoms with Gasteiger partial charge in [-0.2, -0.15) is 0 Å². The summed E-state index contributed by atoms with van der Waals surface area (Å²) in [5, 5.41) is 3.33. The van der Waals surface area contributed by atoms with E-state index in [0.717, 1.165) is 31.9 Å². The molecule has 0 radical (unpaired) electrons. The molecule has 1 saturated heterocycles. The lowest BCUT2D eigenvalue weighted by Crippen LogP contribution is -2.59. The number of carbonyl (C=O) groups excluding carboxylic acids is 1. The van der Waals surface area contributed by atoms with Crippen molar-refractivity contribution in [2.75, 3.05) is 29.9 Å². The summed E-state index contributed by atoms with van der Waals surface area (Å²) in [4.78, 5) is 21.2. The number of aromatic nitrogens is 1. The van der Waals surface area contributed by atoms with E-state index in [1.165, 1.54) is 11.3 Å². The number of hydrogen-bond donors (Lipinski definition) is 1. The predicted octanol–water partition coefficient (Wildman–Crippen LogP) is 2.88. The quantitative estimate of drug-likeness (QED) is 0.857. The Balaban J connectivity index is 1.77. The summed E-state index contributed by atoms with van der Waals surface area (Å²) in [6, 6.07) is 2.29. The summed E-state index contributed by atoms with van der Waals surface area (Å²) in [5.41, 5.74) is 2.07. The number of nitrogens with one attached hydrogen (secondary N) is 1. The van der Waals surface area contributed by atoms with Crippen LogP contribution in [0.1, 0.15) is 40.2 Å². The Labute approximate surface area is 144 Å². The summed E-state index contributed by atoms with van der Waals surface area (Å²) in [5.74, 6) is 1.00. The summed E-state index contributed by atoms with van der Waals surface area (Å²) >= 11 is 0. The molecule has 24 heavy (non-hydrogen) atoms. The molecule has 1 fully saturated rings. The second-order valence-electron chi connectivity index (χ2n) is 7.82. The first-order valence-corrected chi connectivity index (χ1v) is 8.74. The first kappa shape index (κ1) is 16.9. The number of pyridine rings is 1. The van der Waals surface area contributed by atoms with Crippen molar-refractivity contribution in [2.24, 2.45) is 0 Å². The molecule has 0 aromatic carbocycles. The van der Waals surface area contributed by atoms with Crippen molar-refractivity contribution < 1.29 is 9.53 Å². The van der Waals surface area contributed by atoms with Gasteiger partial charge in [0, 0.05) is 37.1 Å².